The van der Waals surface area contributed by atoms with Gasteiger partial charge in [-0.2, -0.15) is 0 Å². The van der Waals surface area contributed by atoms with E-state index in [0.717, 1.165) is 26.1 Å². The van der Waals surface area contributed by atoms with Crippen LogP contribution in [0.4, 0.5) is 0 Å². The Balaban J connectivity index is 0.000000241. The van der Waals surface area contributed by atoms with Gasteiger partial charge in [-0.15, -0.1) is 0 Å². The topological polar surface area (TPSA) is 18.5 Å². The van der Waals surface area contributed by atoms with Crippen molar-refractivity contribution >= 4 is 0 Å². The molecule has 1 saturated heterocycles. The van der Waals surface area contributed by atoms with Gasteiger partial charge in [0.2, 0.25) is 0 Å². The Kier molecular flexibility index (Phi) is 12.8. The quantitative estimate of drug-likeness (QED) is 0.505. The van der Waals surface area contributed by atoms with Gasteiger partial charge < -0.3 is 0 Å². The van der Waals surface area contributed by atoms with Crippen LogP contribution in [-0.2, 0) is 9.78 Å². The smallest absolute Gasteiger partial charge is 0.0822 e. The van der Waals surface area contributed by atoms with Gasteiger partial charge in [0.1, 0.15) is 0 Å². The lowest BCUT2D eigenvalue weighted by Crippen LogP contribution is -1.90. The molecule has 0 aromatic heterocycles. The summed E-state index contributed by atoms with van der Waals surface area (Å²) < 4.78 is 0. The fraction of sp³-hybridized carbons (Fsp3) is 1.00. The number of rotatable bonds is 4. The minimum absolute atomic E-state index is 0.778. The van der Waals surface area contributed by atoms with E-state index in [9.17, 15) is 0 Å². The molecule has 0 saturated carbocycles. The van der Waals surface area contributed by atoms with Crippen LogP contribution in [0, 0.1) is 0 Å². The van der Waals surface area contributed by atoms with Crippen LogP contribution in [-0.4, -0.2) is 13.2 Å². The van der Waals surface area contributed by atoms with Crippen LogP contribution in [0.5, 0.6) is 0 Å². The third kappa shape index (κ3) is 11.9. The van der Waals surface area contributed by atoms with Gasteiger partial charge in [-0.1, -0.05) is 46.0 Å². The van der Waals surface area contributed by atoms with Crippen LogP contribution in [0.1, 0.15) is 65.2 Å². The molecule has 14 heavy (non-hydrogen) atoms. The molecule has 0 unspecified atom stereocenters. The van der Waals surface area contributed by atoms with Crippen LogP contribution in [0.3, 0.4) is 0 Å². The second-order valence-electron chi connectivity index (χ2n) is 3.77. The van der Waals surface area contributed by atoms with E-state index in [1.807, 2.05) is 0 Å². The first-order chi connectivity index (χ1) is 6.91. The summed E-state index contributed by atoms with van der Waals surface area (Å²) >= 11 is 0. The Labute approximate surface area is 88.9 Å². The summed E-state index contributed by atoms with van der Waals surface area (Å²) in [5.41, 5.74) is 0. The molecular formula is C12H26O2. The minimum atomic E-state index is 0.778. The zero-order valence-electron chi connectivity index (χ0n) is 9.89. The molecule has 0 atom stereocenters. The van der Waals surface area contributed by atoms with Crippen molar-refractivity contribution in [3.8, 4) is 0 Å². The summed E-state index contributed by atoms with van der Waals surface area (Å²) in [6, 6.07) is 0. The summed E-state index contributed by atoms with van der Waals surface area (Å²) in [5.74, 6) is 0. The summed E-state index contributed by atoms with van der Waals surface area (Å²) in [6.07, 6.45) is 10.6. The Hall–Kier alpha value is -0.0800. The lowest BCUT2D eigenvalue weighted by molar-refractivity contribution is -0.287. The lowest BCUT2D eigenvalue weighted by atomic mass is 10.2. The highest BCUT2D eigenvalue weighted by molar-refractivity contribution is 4.40. The van der Waals surface area contributed by atoms with E-state index in [4.69, 9.17) is 9.78 Å². The molecule has 1 rings (SSSR count). The predicted octanol–water partition coefficient (Wildman–Crippen LogP) is 4.10. The second kappa shape index (κ2) is 12.9. The average molecular weight is 202 g/mol. The van der Waals surface area contributed by atoms with E-state index < -0.39 is 0 Å². The molecule has 1 aliphatic heterocycles. The first-order valence-electron chi connectivity index (χ1n) is 6.16. The molecular weight excluding hydrogens is 176 g/mol. The SMILES string of the molecule is C1CCOOCC1.CCCCCCC. The summed E-state index contributed by atoms with van der Waals surface area (Å²) in [5, 5.41) is 0. The van der Waals surface area contributed by atoms with Crippen LogP contribution in [0.2, 0.25) is 0 Å². The van der Waals surface area contributed by atoms with Crippen LogP contribution >= 0.6 is 0 Å². The zero-order valence-corrected chi connectivity index (χ0v) is 9.89. The third-order valence-electron chi connectivity index (χ3n) is 2.25. The standard InChI is InChI=1S/C7H16.C5H10O2/c1-3-5-7-6-4-2;1-2-4-6-7-5-3-1/h3-7H2,1-2H3;1-5H2. The highest BCUT2D eigenvalue weighted by atomic mass is 17.2. The first-order valence-corrected chi connectivity index (χ1v) is 6.16. The summed E-state index contributed by atoms with van der Waals surface area (Å²) in [6.45, 7) is 6.05. The number of unbranched alkanes of at least 4 members (excludes halogenated alkanes) is 4. The first kappa shape index (κ1) is 13.9. The summed E-state index contributed by atoms with van der Waals surface area (Å²) in [4.78, 5) is 9.39. The highest BCUT2D eigenvalue weighted by Gasteiger charge is 1.95. The molecule has 1 aliphatic rings. The molecule has 0 aromatic carbocycles. The molecule has 0 bridgehead atoms. The Morgan fingerprint density at radius 3 is 1.64 bits per heavy atom. The van der Waals surface area contributed by atoms with Gasteiger partial charge in [0.15, 0.2) is 0 Å². The van der Waals surface area contributed by atoms with E-state index in [2.05, 4.69) is 13.8 Å². The molecule has 2 nitrogen and oxygen atoms in total. The van der Waals surface area contributed by atoms with Crippen molar-refractivity contribution in [2.24, 2.45) is 0 Å². The molecule has 2 heteroatoms. The third-order valence-corrected chi connectivity index (χ3v) is 2.25. The van der Waals surface area contributed by atoms with E-state index in [1.165, 1.54) is 38.5 Å². The van der Waals surface area contributed by atoms with E-state index in [-0.39, 0.29) is 0 Å². The van der Waals surface area contributed by atoms with Crippen molar-refractivity contribution in [2.75, 3.05) is 13.2 Å². The molecule has 0 spiro atoms. The molecule has 0 radical (unpaired) electrons. The summed E-state index contributed by atoms with van der Waals surface area (Å²) in [7, 11) is 0. The second-order valence-corrected chi connectivity index (χ2v) is 3.77. The molecule has 0 aromatic rings. The molecule has 0 N–H and O–H groups in total. The predicted molar refractivity (Wildman–Crippen MR) is 60.2 cm³/mol. The fourth-order valence-corrected chi connectivity index (χ4v) is 1.29. The Morgan fingerprint density at radius 1 is 0.714 bits per heavy atom. The van der Waals surface area contributed by atoms with Crippen molar-refractivity contribution in [3.05, 3.63) is 0 Å². The van der Waals surface area contributed by atoms with Crippen molar-refractivity contribution in [1.82, 2.24) is 0 Å². The lowest BCUT2D eigenvalue weighted by Gasteiger charge is -1.92. The Bertz CT molecular complexity index is 70.7. The minimum Gasteiger partial charge on any atom is -0.237 e. The van der Waals surface area contributed by atoms with Crippen LogP contribution in [0.25, 0.3) is 0 Å². The van der Waals surface area contributed by atoms with Crippen LogP contribution in [0.15, 0.2) is 0 Å². The fourth-order valence-electron chi connectivity index (χ4n) is 1.29. The normalized spacial score (nSPS) is 16.7. The maximum atomic E-state index is 4.69. The monoisotopic (exact) mass is 202 g/mol. The van der Waals surface area contributed by atoms with Crippen molar-refractivity contribution in [2.45, 2.75) is 65.2 Å². The van der Waals surface area contributed by atoms with Gasteiger partial charge in [0.25, 0.3) is 0 Å². The maximum Gasteiger partial charge on any atom is 0.0822 e. The highest BCUT2D eigenvalue weighted by Crippen LogP contribution is 2.01. The van der Waals surface area contributed by atoms with E-state index >= 15 is 0 Å². The molecule has 0 amide bonds. The average Bonchev–Trinajstić information content (AvgIpc) is 2.51. The molecule has 1 heterocycles. The van der Waals surface area contributed by atoms with Gasteiger partial charge in [-0.25, -0.2) is 9.78 Å². The molecule has 0 aliphatic carbocycles. The van der Waals surface area contributed by atoms with Gasteiger partial charge in [0.05, 0.1) is 13.2 Å². The van der Waals surface area contributed by atoms with Crippen molar-refractivity contribution < 1.29 is 9.78 Å². The van der Waals surface area contributed by atoms with E-state index in [0.29, 0.717) is 0 Å². The van der Waals surface area contributed by atoms with Gasteiger partial charge >= 0.3 is 0 Å². The number of hydrogen-bond donors (Lipinski definition) is 0. The van der Waals surface area contributed by atoms with Gasteiger partial charge in [0, 0.05) is 0 Å². The Morgan fingerprint density at radius 2 is 1.21 bits per heavy atom. The maximum absolute atomic E-state index is 4.69. The van der Waals surface area contributed by atoms with Gasteiger partial charge in [-0.3, -0.25) is 0 Å². The van der Waals surface area contributed by atoms with Crippen molar-refractivity contribution in [3.63, 3.8) is 0 Å². The molecule has 86 valence electrons. The number of hydrogen-bond acceptors (Lipinski definition) is 2. The zero-order chi connectivity index (χ0) is 10.5. The van der Waals surface area contributed by atoms with E-state index in [1.54, 1.807) is 0 Å². The van der Waals surface area contributed by atoms with Gasteiger partial charge in [-0.05, 0) is 19.3 Å². The van der Waals surface area contributed by atoms with Crippen LogP contribution < -0.4 is 0 Å². The van der Waals surface area contributed by atoms with Crippen molar-refractivity contribution in [1.29, 1.82) is 0 Å². The molecule has 1 fully saturated rings. The largest absolute Gasteiger partial charge is 0.237 e.